The summed E-state index contributed by atoms with van der Waals surface area (Å²) in [6, 6.07) is -1.34. The summed E-state index contributed by atoms with van der Waals surface area (Å²) in [7, 11) is -3.67. The van der Waals surface area contributed by atoms with Gasteiger partial charge in [0.15, 0.2) is 6.04 Å². The van der Waals surface area contributed by atoms with E-state index in [1.807, 2.05) is 0 Å². The minimum absolute atomic E-state index is 0.312. The fourth-order valence-corrected chi connectivity index (χ4v) is 3.45. The van der Waals surface area contributed by atoms with Gasteiger partial charge in [0.05, 0.1) is 31.4 Å². The van der Waals surface area contributed by atoms with Gasteiger partial charge in [-0.1, -0.05) is 87.4 Å². The predicted octanol–water partition coefficient (Wildman–Crippen LogP) is 2.09. The maximum absolute atomic E-state index is 11.8. The van der Waals surface area contributed by atoms with Crippen molar-refractivity contribution in [2.45, 2.75) is 116 Å². The number of unbranched alkanes of at least 4 members (excludes halogenated alkanes) is 4. The first-order valence-electron chi connectivity index (χ1n) is 16.0. The molecule has 256 valence electrons. The van der Waals surface area contributed by atoms with Crippen molar-refractivity contribution in [3.05, 3.63) is 60.8 Å². The maximum atomic E-state index is 11.8. The molecular formula is C33H64N4O6S+2. The molecule has 11 N–H and O–H groups in total. The summed E-state index contributed by atoms with van der Waals surface area (Å²) in [6.45, 7) is 5.99. The summed E-state index contributed by atoms with van der Waals surface area (Å²) in [6.07, 6.45) is 36.7. The Morgan fingerprint density at radius 2 is 1.16 bits per heavy atom. The van der Waals surface area contributed by atoms with Gasteiger partial charge in [0.2, 0.25) is 0 Å². The van der Waals surface area contributed by atoms with Crippen LogP contribution in [-0.4, -0.2) is 56.3 Å². The van der Waals surface area contributed by atoms with Crippen LogP contribution in [0.15, 0.2) is 60.8 Å². The van der Waals surface area contributed by atoms with Crippen LogP contribution in [0.2, 0.25) is 0 Å². The first kappa shape index (κ1) is 45.9. The highest BCUT2D eigenvalue weighted by Gasteiger charge is 2.21. The van der Waals surface area contributed by atoms with E-state index in [0.29, 0.717) is 25.5 Å². The van der Waals surface area contributed by atoms with Crippen molar-refractivity contribution in [3.8, 4) is 0 Å². The minimum Gasteiger partial charge on any atom is -0.548 e. The molecule has 0 saturated heterocycles. The quantitative estimate of drug-likeness (QED) is 0.0639. The molecule has 0 bridgehead atoms. The standard InChI is InChI=1S/C20H32.C12H26N4O3.CH4O3S/c1-3-5-7-9-11-13-15-17-19-20-18-16-14-12-10-8-6-4-2;13-7-3-1-5-9(15)11(17)16-10(12(18)19)6-2-4-8-14;1-5(2,3)4/h5,7,10-13,16-19H,3-4,6,8-9,14-15,20H2,1-2H3;9-10H,1-8,13-15H2,(H,16,17)(H,18,19);1H3,(H,2,3,4)/p+2/b7-5-,12-10-,13-11-,18-16-,19-17-;;/t;9-,10-;/m.0./s1. The van der Waals surface area contributed by atoms with Crippen molar-refractivity contribution in [2.24, 2.45) is 0 Å². The third-order valence-corrected chi connectivity index (χ3v) is 5.90. The lowest BCUT2D eigenvalue weighted by Crippen LogP contribution is -2.69. The summed E-state index contributed by atoms with van der Waals surface area (Å²) in [4.78, 5) is 22.7. The van der Waals surface area contributed by atoms with Gasteiger partial charge in [0.25, 0.3) is 16.0 Å². The van der Waals surface area contributed by atoms with Crippen molar-refractivity contribution in [3.63, 3.8) is 0 Å². The van der Waals surface area contributed by atoms with Crippen molar-refractivity contribution >= 4 is 22.0 Å². The summed E-state index contributed by atoms with van der Waals surface area (Å²) < 4.78 is 25.9. The van der Waals surface area contributed by atoms with Crippen LogP contribution < -0.4 is 27.6 Å². The molecule has 0 aromatic carbocycles. The number of carbonyl (C=O) groups is 2. The molecular weight excluding hydrogens is 580 g/mol. The number of carbonyl (C=O) groups excluding carboxylic acids is 2. The molecule has 0 heterocycles. The lowest BCUT2D eigenvalue weighted by molar-refractivity contribution is -0.406. The zero-order valence-electron chi connectivity index (χ0n) is 27.8. The Kier molecular flexibility index (Phi) is 36.4. The van der Waals surface area contributed by atoms with Gasteiger partial charge in [-0.2, -0.15) is 8.42 Å². The molecule has 0 saturated carbocycles. The summed E-state index contributed by atoms with van der Waals surface area (Å²) >= 11 is 0. The summed E-state index contributed by atoms with van der Waals surface area (Å²) in [5, 5.41) is 13.4. The van der Waals surface area contributed by atoms with Gasteiger partial charge in [-0.3, -0.25) is 9.35 Å². The second-order valence-electron chi connectivity index (χ2n) is 10.4. The highest BCUT2D eigenvalue weighted by atomic mass is 32.2. The Balaban J connectivity index is -0.000000662. The fraction of sp³-hybridized carbons (Fsp3) is 0.636. The molecule has 0 aliphatic carbocycles. The molecule has 2 atom stereocenters. The third kappa shape index (κ3) is 43.9. The second kappa shape index (κ2) is 34.9. The number of aliphatic carboxylic acids is 1. The molecule has 0 fully saturated rings. The largest absolute Gasteiger partial charge is 0.548 e. The van der Waals surface area contributed by atoms with Gasteiger partial charge in [-0.15, -0.1) is 0 Å². The van der Waals surface area contributed by atoms with E-state index in [9.17, 15) is 23.1 Å². The number of quaternary nitrogens is 3. The van der Waals surface area contributed by atoms with Crippen LogP contribution in [0.4, 0.5) is 0 Å². The monoisotopic (exact) mass is 644 g/mol. The van der Waals surface area contributed by atoms with E-state index < -0.39 is 28.2 Å². The van der Waals surface area contributed by atoms with Crippen molar-refractivity contribution in [1.82, 2.24) is 5.32 Å². The van der Waals surface area contributed by atoms with Crippen LogP contribution >= 0.6 is 0 Å². The van der Waals surface area contributed by atoms with E-state index in [1.54, 1.807) is 0 Å². The number of nitrogens with one attached hydrogen (secondary N) is 1. The first-order valence-corrected chi connectivity index (χ1v) is 17.9. The lowest BCUT2D eigenvalue weighted by atomic mass is 10.1. The number of carboxylic acids is 1. The lowest BCUT2D eigenvalue weighted by Gasteiger charge is -2.20. The Bertz CT molecular complexity index is 923. The van der Waals surface area contributed by atoms with Crippen LogP contribution in [0.5, 0.6) is 0 Å². The highest BCUT2D eigenvalue weighted by molar-refractivity contribution is 7.85. The van der Waals surface area contributed by atoms with Crippen LogP contribution in [0.25, 0.3) is 0 Å². The smallest absolute Gasteiger partial charge is 0.278 e. The van der Waals surface area contributed by atoms with E-state index in [2.05, 4.69) is 97.1 Å². The van der Waals surface area contributed by atoms with E-state index in [-0.39, 0.29) is 5.91 Å². The molecule has 0 aliphatic rings. The molecule has 1 amide bonds. The van der Waals surface area contributed by atoms with Crippen LogP contribution in [0.3, 0.4) is 0 Å². The normalized spacial score (nSPS) is 13.2. The highest BCUT2D eigenvalue weighted by Crippen LogP contribution is 2.02. The SMILES string of the molecule is CC/C=C\C/C=C\C/C=C\C/C=C\C/C=C\CCCC.CS(=O)(=O)O.[NH3+]CCCC[C@H](NC(=O)[C@@H]([NH3+])CCCC[NH3+])C(=O)[O-]. The molecule has 10 nitrogen and oxygen atoms in total. The van der Waals surface area contributed by atoms with E-state index in [1.165, 1.54) is 19.3 Å². The molecule has 0 radical (unpaired) electrons. The van der Waals surface area contributed by atoms with E-state index >= 15 is 0 Å². The Hall–Kier alpha value is -2.57. The summed E-state index contributed by atoms with van der Waals surface area (Å²) in [5.74, 6) is -1.55. The summed E-state index contributed by atoms with van der Waals surface area (Å²) in [5.41, 5.74) is 11.2. The zero-order chi connectivity index (χ0) is 33.9. The van der Waals surface area contributed by atoms with Gasteiger partial charge >= 0.3 is 0 Å². The van der Waals surface area contributed by atoms with Crippen molar-refractivity contribution in [2.75, 3.05) is 19.3 Å². The molecule has 0 rings (SSSR count). The molecule has 44 heavy (non-hydrogen) atoms. The van der Waals surface area contributed by atoms with Crippen LogP contribution in [0.1, 0.15) is 104 Å². The molecule has 0 aromatic heterocycles. The Labute approximate surface area is 267 Å². The maximum Gasteiger partial charge on any atom is 0.278 e. The average molecular weight is 645 g/mol. The number of carboxylic acid groups (broad SMARTS) is 1. The second-order valence-corrected chi connectivity index (χ2v) is 11.8. The number of hydrogen-bond acceptors (Lipinski definition) is 5. The van der Waals surface area contributed by atoms with Gasteiger partial charge in [0, 0.05) is 6.42 Å². The van der Waals surface area contributed by atoms with Crippen LogP contribution in [-0.2, 0) is 19.7 Å². The molecule has 0 unspecified atom stereocenters. The molecule has 0 aliphatic heterocycles. The number of hydrogen-bond donors (Lipinski definition) is 5. The average Bonchev–Trinajstić information content (AvgIpc) is 2.96. The van der Waals surface area contributed by atoms with Crippen molar-refractivity contribution < 1.29 is 44.9 Å². The minimum atomic E-state index is -3.67. The van der Waals surface area contributed by atoms with Gasteiger partial charge in [-0.05, 0) is 70.6 Å². The molecule has 11 heteroatoms. The van der Waals surface area contributed by atoms with Crippen LogP contribution in [0, 0.1) is 0 Å². The number of rotatable bonds is 23. The first-order chi connectivity index (χ1) is 20.9. The van der Waals surface area contributed by atoms with Gasteiger partial charge in [-0.25, -0.2) is 0 Å². The third-order valence-electron chi connectivity index (χ3n) is 5.90. The molecule has 0 spiro atoms. The zero-order valence-corrected chi connectivity index (χ0v) is 28.6. The number of amides is 1. The fourth-order valence-electron chi connectivity index (χ4n) is 3.45. The Morgan fingerprint density at radius 1 is 0.750 bits per heavy atom. The molecule has 0 aromatic rings. The van der Waals surface area contributed by atoms with Gasteiger partial charge in [0.1, 0.15) is 0 Å². The van der Waals surface area contributed by atoms with Crippen molar-refractivity contribution in [1.29, 1.82) is 0 Å². The van der Waals surface area contributed by atoms with Gasteiger partial charge < -0.3 is 32.4 Å². The Morgan fingerprint density at radius 3 is 1.55 bits per heavy atom. The van der Waals surface area contributed by atoms with E-state index in [0.717, 1.165) is 64.5 Å². The predicted molar refractivity (Wildman–Crippen MR) is 178 cm³/mol. The topological polar surface area (TPSA) is 207 Å². The van der Waals surface area contributed by atoms with E-state index in [4.69, 9.17) is 4.55 Å². The number of allylic oxidation sites excluding steroid dienone is 10.